The molecule has 1 heterocycles. The van der Waals surface area contributed by atoms with Gasteiger partial charge in [0.1, 0.15) is 0 Å². The van der Waals surface area contributed by atoms with E-state index < -0.39 is 20.6 Å². The van der Waals surface area contributed by atoms with Gasteiger partial charge in [0, 0.05) is 45.2 Å². The molecule has 1 aliphatic heterocycles. The van der Waals surface area contributed by atoms with E-state index in [9.17, 15) is 23.3 Å². The van der Waals surface area contributed by atoms with Gasteiger partial charge in [-0.3, -0.25) is 14.9 Å². The highest BCUT2D eigenvalue weighted by Gasteiger charge is 2.33. The van der Waals surface area contributed by atoms with Crippen molar-refractivity contribution in [3.63, 3.8) is 0 Å². The predicted octanol–water partition coefficient (Wildman–Crippen LogP) is 3.24. The largest absolute Gasteiger partial charge is 0.324 e. The van der Waals surface area contributed by atoms with Crippen LogP contribution in [0, 0.1) is 10.1 Å². The topological polar surface area (TPSA) is 113 Å². The quantitative estimate of drug-likeness (QED) is 0.474. The fourth-order valence-electron chi connectivity index (χ4n) is 3.24. The van der Waals surface area contributed by atoms with Gasteiger partial charge >= 0.3 is 0 Å². The number of rotatable bonds is 7. The predicted molar refractivity (Wildman–Crippen MR) is 118 cm³/mol. The molecular weight excluding hydrogens is 467 g/mol. The fraction of sp³-hybridized carbons (Fsp3) is 0.316. The Balaban J connectivity index is 1.55. The lowest BCUT2D eigenvalue weighted by atomic mass is 10.2. The second kappa shape index (κ2) is 9.92. The molecule has 0 atom stereocenters. The average Bonchev–Trinajstić information content (AvgIpc) is 2.75. The summed E-state index contributed by atoms with van der Waals surface area (Å²) < 4.78 is 27.0. The summed E-state index contributed by atoms with van der Waals surface area (Å²) in [4.78, 5) is 24.4. The van der Waals surface area contributed by atoms with Crippen LogP contribution in [0.2, 0.25) is 10.0 Å². The van der Waals surface area contributed by atoms with Gasteiger partial charge in [-0.2, -0.15) is 4.31 Å². The second-order valence-corrected chi connectivity index (χ2v) is 9.59. The summed E-state index contributed by atoms with van der Waals surface area (Å²) in [6.45, 7) is 1.58. The van der Waals surface area contributed by atoms with Gasteiger partial charge in [0.25, 0.3) is 5.69 Å². The van der Waals surface area contributed by atoms with Crippen LogP contribution in [0.1, 0.15) is 6.42 Å². The standard InChI is InChI=1S/C19H20Cl2N4O5S/c20-14-4-3-5-15(21)19(14)22-18(26)8-9-23-10-12-24(13-11-23)31(29,30)17-7-2-1-6-16(17)25(27)28/h1-7H,8-13H2,(H,22,26). The van der Waals surface area contributed by atoms with Crippen molar-refractivity contribution < 1.29 is 18.1 Å². The number of nitrogens with zero attached hydrogens (tertiary/aromatic N) is 3. The molecule has 1 aliphatic rings. The summed E-state index contributed by atoms with van der Waals surface area (Å²) in [7, 11) is -3.99. The van der Waals surface area contributed by atoms with Gasteiger partial charge in [0.2, 0.25) is 15.9 Å². The number of hydrogen-bond acceptors (Lipinski definition) is 6. The van der Waals surface area contributed by atoms with Crippen molar-refractivity contribution in [1.82, 2.24) is 9.21 Å². The highest BCUT2D eigenvalue weighted by Crippen LogP contribution is 2.30. The number of nitro benzene ring substituents is 1. The Labute approximate surface area is 189 Å². The Morgan fingerprint density at radius 1 is 1.03 bits per heavy atom. The van der Waals surface area contributed by atoms with E-state index in [4.69, 9.17) is 23.2 Å². The normalized spacial score (nSPS) is 15.5. The number of piperazine rings is 1. The molecule has 0 aromatic heterocycles. The van der Waals surface area contributed by atoms with E-state index in [1.54, 1.807) is 18.2 Å². The van der Waals surface area contributed by atoms with Crippen molar-refractivity contribution in [3.05, 3.63) is 62.6 Å². The number of nitrogens with one attached hydrogen (secondary N) is 1. The summed E-state index contributed by atoms with van der Waals surface area (Å²) in [5.41, 5.74) is -0.0870. The van der Waals surface area contributed by atoms with Gasteiger partial charge in [0.05, 0.1) is 20.7 Å². The second-order valence-electron chi connectivity index (χ2n) is 6.87. The zero-order valence-corrected chi connectivity index (χ0v) is 18.7. The van der Waals surface area contributed by atoms with Gasteiger partial charge in [-0.15, -0.1) is 0 Å². The summed E-state index contributed by atoms with van der Waals surface area (Å²) in [6.07, 6.45) is 0.179. The van der Waals surface area contributed by atoms with Crippen LogP contribution in [0.15, 0.2) is 47.4 Å². The number of carbonyl (C=O) groups is 1. The van der Waals surface area contributed by atoms with Crippen LogP contribution < -0.4 is 5.32 Å². The first-order valence-corrected chi connectivity index (χ1v) is 11.6. The monoisotopic (exact) mass is 486 g/mol. The zero-order valence-electron chi connectivity index (χ0n) is 16.3. The van der Waals surface area contributed by atoms with Crippen LogP contribution >= 0.6 is 23.2 Å². The van der Waals surface area contributed by atoms with Crippen molar-refractivity contribution in [3.8, 4) is 0 Å². The smallest absolute Gasteiger partial charge is 0.289 e. The molecular formula is C19H20Cl2N4O5S. The maximum absolute atomic E-state index is 12.9. The number of para-hydroxylation sites is 2. The van der Waals surface area contributed by atoms with E-state index in [1.807, 2.05) is 4.90 Å². The lowest BCUT2D eigenvalue weighted by Crippen LogP contribution is -2.49. The number of benzene rings is 2. The molecule has 2 aromatic carbocycles. The molecule has 0 bridgehead atoms. The van der Waals surface area contributed by atoms with Gasteiger partial charge in [0.15, 0.2) is 4.90 Å². The Kier molecular flexibility index (Phi) is 7.50. The summed E-state index contributed by atoms with van der Waals surface area (Å²) in [5.74, 6) is -0.259. The third kappa shape index (κ3) is 5.52. The molecule has 0 radical (unpaired) electrons. The van der Waals surface area contributed by atoms with Gasteiger partial charge in [-0.25, -0.2) is 8.42 Å². The average molecular weight is 487 g/mol. The number of nitro groups is 1. The number of amides is 1. The Morgan fingerprint density at radius 3 is 2.26 bits per heavy atom. The molecule has 12 heteroatoms. The molecule has 166 valence electrons. The molecule has 1 amide bonds. The van der Waals surface area contributed by atoms with Crippen LogP contribution in [0.4, 0.5) is 11.4 Å². The van der Waals surface area contributed by atoms with Crippen molar-refractivity contribution in [2.45, 2.75) is 11.3 Å². The Bertz CT molecular complexity index is 1070. The highest BCUT2D eigenvalue weighted by molar-refractivity contribution is 7.89. The van der Waals surface area contributed by atoms with Crippen LogP contribution in [0.5, 0.6) is 0 Å². The van der Waals surface area contributed by atoms with E-state index in [-0.39, 0.29) is 30.3 Å². The van der Waals surface area contributed by atoms with Crippen molar-refractivity contribution >= 4 is 50.5 Å². The molecule has 0 aliphatic carbocycles. The maximum atomic E-state index is 12.9. The van der Waals surface area contributed by atoms with Crippen molar-refractivity contribution in [2.24, 2.45) is 0 Å². The summed E-state index contributed by atoms with van der Waals surface area (Å²) >= 11 is 12.1. The van der Waals surface area contributed by atoms with Crippen LogP contribution in [-0.2, 0) is 14.8 Å². The molecule has 2 aromatic rings. The van der Waals surface area contributed by atoms with Crippen LogP contribution in [0.3, 0.4) is 0 Å². The first-order valence-electron chi connectivity index (χ1n) is 9.40. The lowest BCUT2D eigenvalue weighted by molar-refractivity contribution is -0.387. The summed E-state index contributed by atoms with van der Waals surface area (Å²) in [5, 5.41) is 14.6. The maximum Gasteiger partial charge on any atom is 0.289 e. The number of carbonyl (C=O) groups excluding carboxylic acids is 1. The van der Waals surface area contributed by atoms with Gasteiger partial charge < -0.3 is 10.2 Å². The number of anilines is 1. The van der Waals surface area contributed by atoms with E-state index in [1.165, 1.54) is 28.6 Å². The van der Waals surface area contributed by atoms with Crippen molar-refractivity contribution in [1.29, 1.82) is 0 Å². The third-order valence-corrected chi connectivity index (χ3v) is 7.47. The molecule has 1 saturated heterocycles. The SMILES string of the molecule is O=C(CCN1CCN(S(=O)(=O)c2ccccc2[N+](=O)[O-])CC1)Nc1c(Cl)cccc1Cl. The third-order valence-electron chi connectivity index (χ3n) is 4.89. The number of halogens is 2. The van der Waals surface area contributed by atoms with E-state index in [2.05, 4.69) is 5.32 Å². The van der Waals surface area contributed by atoms with E-state index in [0.717, 1.165) is 0 Å². The van der Waals surface area contributed by atoms with Gasteiger partial charge in [-0.1, -0.05) is 41.4 Å². The lowest BCUT2D eigenvalue weighted by Gasteiger charge is -2.33. The molecule has 0 saturated carbocycles. The molecule has 9 nitrogen and oxygen atoms in total. The first-order chi connectivity index (χ1) is 14.7. The van der Waals surface area contributed by atoms with Gasteiger partial charge in [-0.05, 0) is 18.2 Å². The molecule has 0 unspecified atom stereocenters. The molecule has 0 spiro atoms. The zero-order chi connectivity index (χ0) is 22.6. The highest BCUT2D eigenvalue weighted by atomic mass is 35.5. The fourth-order valence-corrected chi connectivity index (χ4v) is 5.31. The van der Waals surface area contributed by atoms with Crippen molar-refractivity contribution in [2.75, 3.05) is 38.0 Å². The van der Waals surface area contributed by atoms with E-state index >= 15 is 0 Å². The summed E-state index contributed by atoms with van der Waals surface area (Å²) in [6, 6.07) is 10.2. The van der Waals surface area contributed by atoms with E-state index in [0.29, 0.717) is 35.4 Å². The Morgan fingerprint density at radius 2 is 1.65 bits per heavy atom. The number of hydrogen-bond donors (Lipinski definition) is 1. The number of sulfonamides is 1. The molecule has 1 N–H and O–H groups in total. The first kappa shape index (κ1) is 23.4. The molecule has 31 heavy (non-hydrogen) atoms. The van der Waals surface area contributed by atoms with Crippen LogP contribution in [-0.4, -0.2) is 61.2 Å². The Hall–Kier alpha value is -2.24. The minimum absolute atomic E-state index is 0.173. The molecule has 1 fully saturated rings. The van der Waals surface area contributed by atoms with Crippen LogP contribution in [0.25, 0.3) is 0 Å². The molecule has 3 rings (SSSR count). The minimum Gasteiger partial charge on any atom is -0.324 e. The minimum atomic E-state index is -3.99.